The fourth-order valence-corrected chi connectivity index (χ4v) is 2.27. The Morgan fingerprint density at radius 1 is 1.21 bits per heavy atom. The van der Waals surface area contributed by atoms with Gasteiger partial charge < -0.3 is 15.0 Å². The van der Waals surface area contributed by atoms with E-state index in [-0.39, 0.29) is 17.9 Å². The predicted octanol–water partition coefficient (Wildman–Crippen LogP) is 2.56. The van der Waals surface area contributed by atoms with Gasteiger partial charge in [0.1, 0.15) is 5.69 Å². The van der Waals surface area contributed by atoms with Crippen molar-refractivity contribution >= 4 is 17.7 Å². The molecule has 0 saturated carbocycles. The van der Waals surface area contributed by atoms with Crippen molar-refractivity contribution in [3.8, 4) is 0 Å². The molecule has 1 aromatic heterocycles. The maximum atomic E-state index is 12.4. The van der Waals surface area contributed by atoms with Crippen LogP contribution in [0.3, 0.4) is 0 Å². The minimum absolute atomic E-state index is 0.0194. The zero-order valence-electron chi connectivity index (χ0n) is 13.9. The first-order valence-electron chi connectivity index (χ1n) is 7.54. The lowest BCUT2D eigenvalue weighted by Gasteiger charge is -2.18. The van der Waals surface area contributed by atoms with E-state index < -0.39 is 17.9 Å². The summed E-state index contributed by atoms with van der Waals surface area (Å²) in [5.41, 5.74) is 2.58. The molecule has 2 aromatic rings. The smallest absolute Gasteiger partial charge is 0.307 e. The van der Waals surface area contributed by atoms with Gasteiger partial charge in [0, 0.05) is 11.8 Å². The third-order valence-electron chi connectivity index (χ3n) is 3.72. The third-order valence-corrected chi connectivity index (χ3v) is 3.72. The number of methoxy groups -OCH3 is 1. The molecule has 1 heterocycles. The van der Waals surface area contributed by atoms with E-state index in [0.717, 1.165) is 11.1 Å². The number of H-pyrrole nitrogens is 1. The van der Waals surface area contributed by atoms with Crippen molar-refractivity contribution < 1.29 is 19.1 Å². The molecule has 6 nitrogen and oxygen atoms in total. The summed E-state index contributed by atoms with van der Waals surface area (Å²) in [7, 11) is 1.31. The molecule has 0 unspecified atom stereocenters. The lowest BCUT2D eigenvalue weighted by atomic mass is 10.0. The van der Waals surface area contributed by atoms with Gasteiger partial charge in [-0.25, -0.2) is 0 Å². The fraction of sp³-hybridized carbons (Fsp3) is 0.278. The van der Waals surface area contributed by atoms with Crippen LogP contribution in [-0.4, -0.2) is 29.8 Å². The zero-order valence-corrected chi connectivity index (χ0v) is 13.9. The summed E-state index contributed by atoms with van der Waals surface area (Å²) in [6, 6.07) is 8.51. The molecule has 0 radical (unpaired) electrons. The van der Waals surface area contributed by atoms with E-state index in [0.29, 0.717) is 5.56 Å². The fourth-order valence-electron chi connectivity index (χ4n) is 2.27. The Balaban J connectivity index is 2.20. The summed E-state index contributed by atoms with van der Waals surface area (Å²) >= 11 is 0. The number of amides is 1. The number of aromatic nitrogens is 1. The second-order valence-corrected chi connectivity index (χ2v) is 5.58. The van der Waals surface area contributed by atoms with E-state index in [2.05, 4.69) is 10.3 Å². The van der Waals surface area contributed by atoms with Gasteiger partial charge in [-0.1, -0.05) is 29.8 Å². The summed E-state index contributed by atoms with van der Waals surface area (Å²) in [5.74, 6) is -0.941. The van der Waals surface area contributed by atoms with Crippen molar-refractivity contribution in [2.45, 2.75) is 26.3 Å². The molecule has 6 heteroatoms. The number of hydrogen-bond donors (Lipinski definition) is 2. The number of carbonyl (C=O) groups excluding carboxylic acids is 3. The molecule has 0 aliphatic rings. The van der Waals surface area contributed by atoms with Gasteiger partial charge in [0.2, 0.25) is 0 Å². The average molecular weight is 328 g/mol. The molecular formula is C18H20N2O4. The average Bonchev–Trinajstić information content (AvgIpc) is 3.05. The Morgan fingerprint density at radius 3 is 2.42 bits per heavy atom. The van der Waals surface area contributed by atoms with Gasteiger partial charge in [-0.05, 0) is 25.5 Å². The van der Waals surface area contributed by atoms with Gasteiger partial charge in [-0.15, -0.1) is 0 Å². The van der Waals surface area contributed by atoms with E-state index in [1.54, 1.807) is 0 Å². The van der Waals surface area contributed by atoms with Gasteiger partial charge in [-0.3, -0.25) is 14.4 Å². The Morgan fingerprint density at radius 2 is 1.88 bits per heavy atom. The van der Waals surface area contributed by atoms with Gasteiger partial charge in [0.25, 0.3) is 5.91 Å². The molecule has 2 N–H and O–H groups in total. The number of carbonyl (C=O) groups is 3. The first kappa shape index (κ1) is 17.5. The van der Waals surface area contributed by atoms with Crippen molar-refractivity contribution in [2.75, 3.05) is 7.11 Å². The summed E-state index contributed by atoms with van der Waals surface area (Å²) in [5, 5.41) is 2.80. The summed E-state index contributed by atoms with van der Waals surface area (Å²) in [4.78, 5) is 38.1. The summed E-state index contributed by atoms with van der Waals surface area (Å²) in [6.07, 6.45) is 1.50. The number of hydrogen-bond acceptors (Lipinski definition) is 4. The van der Waals surface area contributed by atoms with Crippen LogP contribution in [0.2, 0.25) is 0 Å². The lowest BCUT2D eigenvalue weighted by Crippen LogP contribution is -2.30. The minimum Gasteiger partial charge on any atom is -0.469 e. The van der Waals surface area contributed by atoms with Crippen LogP contribution in [-0.2, 0) is 9.53 Å². The molecule has 0 aliphatic carbocycles. The van der Waals surface area contributed by atoms with Crippen LogP contribution < -0.4 is 5.32 Å². The predicted molar refractivity (Wildman–Crippen MR) is 88.8 cm³/mol. The van der Waals surface area contributed by atoms with Crippen LogP contribution in [0.25, 0.3) is 0 Å². The first-order valence-corrected chi connectivity index (χ1v) is 7.54. The molecule has 1 aromatic carbocycles. The third kappa shape index (κ3) is 4.32. The van der Waals surface area contributed by atoms with Crippen molar-refractivity contribution in [1.29, 1.82) is 0 Å². The molecule has 0 spiro atoms. The van der Waals surface area contributed by atoms with Crippen molar-refractivity contribution in [2.24, 2.45) is 0 Å². The molecule has 0 aliphatic heterocycles. The quantitative estimate of drug-likeness (QED) is 0.630. The molecule has 0 saturated heterocycles. The first-order chi connectivity index (χ1) is 11.4. The van der Waals surface area contributed by atoms with Crippen molar-refractivity contribution in [1.82, 2.24) is 10.3 Å². The van der Waals surface area contributed by atoms with Crippen LogP contribution in [0.15, 0.2) is 36.5 Å². The van der Waals surface area contributed by atoms with Crippen molar-refractivity contribution in [3.05, 3.63) is 58.9 Å². The van der Waals surface area contributed by atoms with E-state index in [1.165, 1.54) is 26.3 Å². The van der Waals surface area contributed by atoms with E-state index in [9.17, 15) is 14.4 Å². The Kier molecular flexibility index (Phi) is 5.52. The number of aryl methyl sites for hydroxylation is 1. The molecule has 24 heavy (non-hydrogen) atoms. The number of rotatable bonds is 6. The van der Waals surface area contributed by atoms with Crippen LogP contribution in [0, 0.1) is 6.92 Å². The van der Waals surface area contributed by atoms with Crippen LogP contribution in [0.4, 0.5) is 0 Å². The van der Waals surface area contributed by atoms with Gasteiger partial charge in [0.05, 0.1) is 19.6 Å². The van der Waals surface area contributed by atoms with E-state index in [1.807, 2.05) is 31.2 Å². The standard InChI is InChI=1S/C18H20N2O4/c1-11-4-6-13(7-5-11)15(9-17(22)24-3)20-18(23)16-8-14(10-19-16)12(2)21/h4-8,10,15,19H,9H2,1-3H3,(H,20,23)/t15-/m0/s1. The molecule has 126 valence electrons. The number of aromatic amines is 1. The molecule has 1 amide bonds. The highest BCUT2D eigenvalue weighted by Gasteiger charge is 2.20. The summed E-state index contributed by atoms with van der Waals surface area (Å²) in [6.45, 7) is 3.39. The number of ether oxygens (including phenoxy) is 1. The topological polar surface area (TPSA) is 88.3 Å². The second-order valence-electron chi connectivity index (χ2n) is 5.58. The normalized spacial score (nSPS) is 11.6. The maximum Gasteiger partial charge on any atom is 0.307 e. The van der Waals surface area contributed by atoms with Crippen LogP contribution >= 0.6 is 0 Å². The van der Waals surface area contributed by atoms with Crippen LogP contribution in [0.5, 0.6) is 0 Å². The van der Waals surface area contributed by atoms with Gasteiger partial charge in [-0.2, -0.15) is 0 Å². The molecule has 1 atom stereocenters. The second kappa shape index (κ2) is 7.59. The Labute approximate surface area is 140 Å². The molecule has 0 bridgehead atoms. The highest BCUT2D eigenvalue weighted by Crippen LogP contribution is 2.19. The number of Topliss-reactive ketones (excluding diaryl/α,β-unsaturated/α-hetero) is 1. The van der Waals surface area contributed by atoms with Crippen LogP contribution in [0.1, 0.15) is 51.4 Å². The largest absolute Gasteiger partial charge is 0.469 e. The van der Waals surface area contributed by atoms with E-state index in [4.69, 9.17) is 4.74 Å². The van der Waals surface area contributed by atoms with Gasteiger partial charge >= 0.3 is 5.97 Å². The number of ketones is 1. The Hall–Kier alpha value is -2.89. The van der Waals surface area contributed by atoms with Gasteiger partial charge in [0.15, 0.2) is 5.78 Å². The molecular weight excluding hydrogens is 308 g/mol. The Bertz CT molecular complexity index is 747. The highest BCUT2D eigenvalue weighted by molar-refractivity contribution is 5.99. The number of esters is 1. The number of nitrogens with one attached hydrogen (secondary N) is 2. The lowest BCUT2D eigenvalue weighted by molar-refractivity contribution is -0.141. The van der Waals surface area contributed by atoms with E-state index >= 15 is 0 Å². The monoisotopic (exact) mass is 328 g/mol. The highest BCUT2D eigenvalue weighted by atomic mass is 16.5. The maximum absolute atomic E-state index is 12.4. The molecule has 0 fully saturated rings. The minimum atomic E-state index is -0.519. The van der Waals surface area contributed by atoms with Crippen molar-refractivity contribution in [3.63, 3.8) is 0 Å². The summed E-state index contributed by atoms with van der Waals surface area (Å²) < 4.78 is 4.71. The number of benzene rings is 1. The SMILES string of the molecule is COC(=O)C[C@H](NC(=O)c1cc(C(C)=O)c[nH]1)c1ccc(C)cc1. The molecule has 2 rings (SSSR count). The zero-order chi connectivity index (χ0) is 17.7.